The zero-order valence-corrected chi connectivity index (χ0v) is 14.6. The van der Waals surface area contributed by atoms with E-state index in [1.807, 2.05) is 0 Å². The van der Waals surface area contributed by atoms with Gasteiger partial charge in [-0.15, -0.1) is 5.92 Å². The first kappa shape index (κ1) is 19.2. The van der Waals surface area contributed by atoms with E-state index in [9.17, 15) is 17.6 Å². The fourth-order valence-corrected chi connectivity index (χ4v) is 2.96. The summed E-state index contributed by atoms with van der Waals surface area (Å²) in [5.74, 6) is 3.51. The lowest BCUT2D eigenvalue weighted by atomic mass is 10.0. The number of benzene rings is 1. The van der Waals surface area contributed by atoms with Crippen molar-refractivity contribution in [2.75, 3.05) is 12.4 Å². The molecular weight excluding hydrogens is 351 g/mol. The van der Waals surface area contributed by atoms with Gasteiger partial charge < -0.3 is 9.47 Å². The highest BCUT2D eigenvalue weighted by Gasteiger charge is 2.35. The van der Waals surface area contributed by atoms with Crippen molar-refractivity contribution in [2.45, 2.75) is 38.2 Å². The molecule has 0 radical (unpaired) electrons. The fourth-order valence-electron chi connectivity index (χ4n) is 2.67. The molecule has 0 saturated heterocycles. The molecule has 1 aromatic carbocycles. The van der Waals surface area contributed by atoms with Crippen LogP contribution < -0.4 is 4.74 Å². The zero-order valence-electron chi connectivity index (χ0n) is 13.7. The van der Waals surface area contributed by atoms with Gasteiger partial charge in [-0.05, 0) is 50.8 Å². The van der Waals surface area contributed by atoms with Gasteiger partial charge in [0, 0.05) is 0 Å². The molecule has 1 N–H and O–H groups in total. The van der Waals surface area contributed by atoms with Crippen molar-refractivity contribution in [3.05, 3.63) is 29.6 Å². The van der Waals surface area contributed by atoms with Crippen LogP contribution in [-0.2, 0) is 14.9 Å². The topological polar surface area (TPSA) is 89.9 Å². The minimum Gasteiger partial charge on any atom is -0.471 e. The minimum atomic E-state index is -4.22. The van der Waals surface area contributed by atoms with Gasteiger partial charge in [0.15, 0.2) is 17.2 Å². The highest BCUT2D eigenvalue weighted by molar-refractivity contribution is 7.85. The van der Waals surface area contributed by atoms with Crippen molar-refractivity contribution >= 4 is 16.1 Å². The minimum absolute atomic E-state index is 0.0179. The molecule has 1 aromatic rings. The van der Waals surface area contributed by atoms with E-state index in [0.29, 0.717) is 12.8 Å². The van der Waals surface area contributed by atoms with Gasteiger partial charge >= 0.3 is 5.97 Å². The molecule has 25 heavy (non-hydrogen) atoms. The van der Waals surface area contributed by atoms with E-state index in [-0.39, 0.29) is 11.3 Å². The van der Waals surface area contributed by atoms with Crippen LogP contribution in [0.1, 0.15) is 43.0 Å². The molecule has 2 rings (SSSR count). The second-order valence-corrected chi connectivity index (χ2v) is 7.32. The van der Waals surface area contributed by atoms with Crippen LogP contribution in [0.15, 0.2) is 18.2 Å². The molecule has 0 amide bonds. The van der Waals surface area contributed by atoms with Crippen LogP contribution in [0.25, 0.3) is 0 Å². The number of rotatable bonds is 6. The number of ether oxygens (including phenoxy) is 2. The molecule has 0 spiro atoms. The molecule has 6 nitrogen and oxygen atoms in total. The van der Waals surface area contributed by atoms with Gasteiger partial charge in [0.2, 0.25) is 0 Å². The zero-order chi connectivity index (χ0) is 18.5. The predicted octanol–water partition coefficient (Wildman–Crippen LogP) is 2.59. The van der Waals surface area contributed by atoms with Crippen LogP contribution in [0.4, 0.5) is 4.39 Å². The van der Waals surface area contributed by atoms with Crippen molar-refractivity contribution in [3.63, 3.8) is 0 Å². The van der Waals surface area contributed by atoms with Crippen LogP contribution in [0.3, 0.4) is 0 Å². The summed E-state index contributed by atoms with van der Waals surface area (Å²) in [7, 11) is -4.22. The summed E-state index contributed by atoms with van der Waals surface area (Å²) in [5, 5.41) is 0. The Kier molecular flexibility index (Phi) is 6.03. The van der Waals surface area contributed by atoms with Crippen molar-refractivity contribution < 1.29 is 31.6 Å². The molecule has 1 aliphatic carbocycles. The summed E-state index contributed by atoms with van der Waals surface area (Å²) in [4.78, 5) is 11.9. The van der Waals surface area contributed by atoms with Gasteiger partial charge in [-0.1, -0.05) is 5.92 Å². The van der Waals surface area contributed by atoms with Crippen molar-refractivity contribution in [3.8, 4) is 17.6 Å². The third-order valence-corrected chi connectivity index (χ3v) is 4.49. The smallest absolute Gasteiger partial charge is 0.338 e. The maximum absolute atomic E-state index is 14.1. The first-order chi connectivity index (χ1) is 11.7. The normalized spacial score (nSPS) is 16.0. The molecule has 0 aliphatic heterocycles. The number of esters is 1. The van der Waals surface area contributed by atoms with Gasteiger partial charge in [-0.2, -0.15) is 8.42 Å². The lowest BCUT2D eigenvalue weighted by Gasteiger charge is -2.25. The fraction of sp³-hybridized carbons (Fsp3) is 0.471. The van der Waals surface area contributed by atoms with Gasteiger partial charge in [0.1, 0.15) is 12.4 Å². The monoisotopic (exact) mass is 370 g/mol. The van der Waals surface area contributed by atoms with Gasteiger partial charge in [0.25, 0.3) is 10.1 Å². The van der Waals surface area contributed by atoms with E-state index in [0.717, 1.165) is 18.9 Å². The first-order valence-electron chi connectivity index (χ1n) is 7.79. The maximum Gasteiger partial charge on any atom is 0.338 e. The number of halogens is 1. The van der Waals surface area contributed by atoms with Crippen molar-refractivity contribution in [1.29, 1.82) is 0 Å². The summed E-state index contributed by atoms with van der Waals surface area (Å²) in [6.45, 7) is 1.18. The van der Waals surface area contributed by atoms with Crippen LogP contribution in [0.5, 0.6) is 5.75 Å². The van der Waals surface area contributed by atoms with E-state index in [4.69, 9.17) is 14.0 Å². The molecule has 0 aromatic heterocycles. The van der Waals surface area contributed by atoms with E-state index in [1.54, 1.807) is 6.92 Å². The van der Waals surface area contributed by atoms with E-state index in [2.05, 4.69) is 11.8 Å². The third-order valence-electron chi connectivity index (χ3n) is 3.81. The first-order valence-corrected chi connectivity index (χ1v) is 9.40. The Hall–Kier alpha value is -2.11. The Balaban J connectivity index is 2.13. The van der Waals surface area contributed by atoms with E-state index >= 15 is 0 Å². The van der Waals surface area contributed by atoms with Crippen LogP contribution in [-0.4, -0.2) is 36.9 Å². The number of hydrogen-bond acceptors (Lipinski definition) is 5. The van der Waals surface area contributed by atoms with E-state index < -0.39 is 39.9 Å². The molecule has 1 fully saturated rings. The number of hydrogen-bond donors (Lipinski definition) is 1. The summed E-state index contributed by atoms with van der Waals surface area (Å²) in [5.41, 5.74) is -0.743. The molecule has 8 heteroatoms. The van der Waals surface area contributed by atoms with Gasteiger partial charge in [-0.25, -0.2) is 9.18 Å². The SMILES string of the molecule is CC#CC1(Oc2cc(C(=O)OCCS(=O)(=O)O)ccc2F)CCCC1. The van der Waals surface area contributed by atoms with Gasteiger partial charge in [-0.3, -0.25) is 4.55 Å². The standard InChI is InChI=1S/C17H19FO6S/c1-2-7-17(8-3-4-9-17)24-15-12-13(5-6-14(15)18)16(19)23-10-11-25(20,21)22/h5-6,12H,3-4,8-11H2,1H3,(H,20,21,22). The Labute approximate surface area is 146 Å². The lowest BCUT2D eigenvalue weighted by molar-refractivity contribution is 0.0526. The summed E-state index contributed by atoms with van der Waals surface area (Å²) < 4.78 is 54.5. The highest BCUT2D eigenvalue weighted by Crippen LogP contribution is 2.35. The van der Waals surface area contributed by atoms with Crippen molar-refractivity contribution in [2.24, 2.45) is 0 Å². The number of carbonyl (C=O) groups is 1. The van der Waals surface area contributed by atoms with Crippen molar-refractivity contribution in [1.82, 2.24) is 0 Å². The average molecular weight is 370 g/mol. The van der Waals surface area contributed by atoms with E-state index in [1.165, 1.54) is 12.1 Å². The average Bonchev–Trinajstić information content (AvgIpc) is 2.97. The second kappa shape index (κ2) is 7.85. The Morgan fingerprint density at radius 1 is 1.36 bits per heavy atom. The third kappa shape index (κ3) is 5.44. The number of carbonyl (C=O) groups excluding carboxylic acids is 1. The summed E-state index contributed by atoms with van der Waals surface area (Å²) >= 11 is 0. The van der Waals surface area contributed by atoms with Crippen LogP contribution >= 0.6 is 0 Å². The quantitative estimate of drug-likeness (QED) is 0.470. The maximum atomic E-state index is 14.1. The predicted molar refractivity (Wildman–Crippen MR) is 88.4 cm³/mol. The van der Waals surface area contributed by atoms with Crippen LogP contribution in [0, 0.1) is 17.7 Å². The molecule has 1 saturated carbocycles. The lowest BCUT2D eigenvalue weighted by Crippen LogP contribution is -2.31. The molecular formula is C17H19FO6S. The van der Waals surface area contributed by atoms with Crippen LogP contribution in [0.2, 0.25) is 0 Å². The second-order valence-electron chi connectivity index (χ2n) is 5.75. The molecule has 0 atom stereocenters. The van der Waals surface area contributed by atoms with Gasteiger partial charge in [0.05, 0.1) is 5.56 Å². The summed E-state index contributed by atoms with van der Waals surface area (Å²) in [6.07, 6.45) is 3.20. The molecule has 136 valence electrons. The Morgan fingerprint density at radius 2 is 2.04 bits per heavy atom. The highest BCUT2D eigenvalue weighted by atomic mass is 32.2. The molecule has 1 aliphatic rings. The Bertz CT molecular complexity index is 800. The largest absolute Gasteiger partial charge is 0.471 e. The Morgan fingerprint density at radius 3 is 2.64 bits per heavy atom. The molecule has 0 heterocycles. The summed E-state index contributed by atoms with van der Waals surface area (Å²) in [6, 6.07) is 3.50. The molecule has 0 unspecified atom stereocenters. The molecule has 0 bridgehead atoms.